The van der Waals surface area contributed by atoms with Crippen molar-refractivity contribution < 1.29 is 14.6 Å². The molecule has 31 heavy (non-hydrogen) atoms. The minimum Gasteiger partial charge on any atom is -0.396 e. The first kappa shape index (κ1) is 20.3. The molecule has 9 heteroatoms. The number of aryl methyl sites for hydroxylation is 1. The summed E-state index contributed by atoms with van der Waals surface area (Å²) in [7, 11) is 0. The van der Waals surface area contributed by atoms with Gasteiger partial charge in [-0.15, -0.1) is 11.3 Å². The van der Waals surface area contributed by atoms with Crippen LogP contribution < -0.4 is 5.32 Å². The van der Waals surface area contributed by atoms with Crippen LogP contribution in [0.3, 0.4) is 0 Å². The highest BCUT2D eigenvalue weighted by Crippen LogP contribution is 2.43. The van der Waals surface area contributed by atoms with Gasteiger partial charge in [0.2, 0.25) is 5.82 Å². The number of nitriles is 1. The fourth-order valence-corrected chi connectivity index (χ4v) is 5.61. The predicted molar refractivity (Wildman–Crippen MR) is 117 cm³/mol. The molecular weight excluding hydrogens is 414 g/mol. The van der Waals surface area contributed by atoms with E-state index in [1.807, 2.05) is 51.1 Å². The van der Waals surface area contributed by atoms with Gasteiger partial charge in [0, 0.05) is 12.5 Å². The molecule has 5 rings (SSSR count). The number of nitrogens with zero attached hydrogens (tertiary/aromatic N) is 4. The summed E-state index contributed by atoms with van der Waals surface area (Å²) in [5.41, 5.74) is 2.38. The quantitative estimate of drug-likeness (QED) is 0.640. The fraction of sp³-hybridized carbons (Fsp3) is 0.455. The molecule has 0 unspecified atom stereocenters. The van der Waals surface area contributed by atoms with Crippen LogP contribution in [0.15, 0.2) is 24.3 Å². The molecule has 3 aromatic rings. The van der Waals surface area contributed by atoms with Crippen LogP contribution in [-0.2, 0) is 9.47 Å². The Morgan fingerprint density at radius 1 is 1.23 bits per heavy atom. The molecule has 0 bridgehead atoms. The van der Waals surface area contributed by atoms with Crippen LogP contribution in [-0.4, -0.2) is 50.7 Å². The van der Waals surface area contributed by atoms with E-state index in [0.717, 1.165) is 20.8 Å². The maximum Gasteiger partial charge on any atom is 0.234 e. The molecule has 4 atom stereocenters. The lowest BCUT2D eigenvalue weighted by atomic mass is 10.1. The summed E-state index contributed by atoms with van der Waals surface area (Å²) in [5.74, 6) is -0.0902. The van der Waals surface area contributed by atoms with Crippen molar-refractivity contribution in [1.82, 2.24) is 15.0 Å². The summed E-state index contributed by atoms with van der Waals surface area (Å²) >= 11 is 1.56. The number of nitrogens with one attached hydrogen (secondary N) is 1. The number of rotatable bonds is 4. The van der Waals surface area contributed by atoms with Crippen molar-refractivity contribution in [2.24, 2.45) is 5.92 Å². The van der Waals surface area contributed by atoms with Crippen molar-refractivity contribution in [2.75, 3.05) is 11.9 Å². The third kappa shape index (κ3) is 3.55. The zero-order chi connectivity index (χ0) is 21.8. The van der Waals surface area contributed by atoms with Gasteiger partial charge >= 0.3 is 0 Å². The van der Waals surface area contributed by atoms with E-state index < -0.39 is 5.79 Å². The smallest absolute Gasteiger partial charge is 0.234 e. The van der Waals surface area contributed by atoms with E-state index in [1.54, 1.807) is 11.3 Å². The monoisotopic (exact) mass is 437 g/mol. The molecule has 2 aromatic heterocycles. The van der Waals surface area contributed by atoms with Crippen molar-refractivity contribution in [1.29, 1.82) is 5.26 Å². The van der Waals surface area contributed by atoms with Gasteiger partial charge in [0.1, 0.15) is 23.0 Å². The number of benzene rings is 1. The van der Waals surface area contributed by atoms with E-state index in [0.29, 0.717) is 17.9 Å². The molecule has 1 aliphatic heterocycles. The number of hydrogen-bond acceptors (Lipinski definition) is 9. The van der Waals surface area contributed by atoms with E-state index in [1.165, 1.54) is 0 Å². The van der Waals surface area contributed by atoms with Gasteiger partial charge in [-0.2, -0.15) is 5.26 Å². The van der Waals surface area contributed by atoms with E-state index in [9.17, 15) is 10.4 Å². The van der Waals surface area contributed by atoms with Crippen molar-refractivity contribution >= 4 is 27.4 Å². The number of thiazole rings is 1. The molecule has 1 aromatic carbocycles. The Labute approximate surface area is 183 Å². The molecular formula is C22H23N5O3S. The number of aromatic nitrogens is 3. The molecule has 1 aliphatic carbocycles. The Hall–Kier alpha value is -2.64. The first-order valence-electron chi connectivity index (χ1n) is 10.3. The van der Waals surface area contributed by atoms with Crippen LogP contribution in [0.4, 0.5) is 5.82 Å². The van der Waals surface area contributed by atoms with Crippen LogP contribution in [0.1, 0.15) is 31.8 Å². The lowest BCUT2D eigenvalue weighted by Gasteiger charge is -2.24. The van der Waals surface area contributed by atoms with Crippen molar-refractivity contribution in [3.8, 4) is 16.6 Å². The van der Waals surface area contributed by atoms with Crippen LogP contribution in [0.25, 0.3) is 20.8 Å². The van der Waals surface area contributed by atoms with E-state index in [2.05, 4.69) is 15.3 Å². The number of anilines is 1. The average molecular weight is 438 g/mol. The van der Waals surface area contributed by atoms with Gasteiger partial charge in [-0.1, -0.05) is 12.1 Å². The molecule has 1 saturated carbocycles. The highest BCUT2D eigenvalue weighted by atomic mass is 32.1. The maximum atomic E-state index is 9.87. The number of aliphatic hydroxyl groups excluding tert-OH is 1. The SMILES string of the molecule is Cc1nc(C#N)nc(N[C@@H]2C[C@H](CO)[C@H]3OC(C)(C)O[C@H]32)c1-c1nc2ccccc2s1. The average Bonchev–Trinajstić information content (AvgIpc) is 3.38. The fourth-order valence-electron chi connectivity index (χ4n) is 4.54. The normalized spacial score (nSPS) is 26.7. The summed E-state index contributed by atoms with van der Waals surface area (Å²) in [6.45, 7) is 5.65. The minimum absolute atomic E-state index is 0.0236. The Morgan fingerprint density at radius 3 is 2.74 bits per heavy atom. The third-order valence-corrected chi connectivity index (χ3v) is 6.89. The number of aliphatic hydroxyl groups is 1. The lowest BCUT2D eigenvalue weighted by Crippen LogP contribution is -2.35. The highest BCUT2D eigenvalue weighted by molar-refractivity contribution is 7.21. The Balaban J connectivity index is 1.56. The second kappa shape index (κ2) is 7.50. The van der Waals surface area contributed by atoms with E-state index in [4.69, 9.17) is 14.5 Å². The number of ether oxygens (including phenoxy) is 2. The summed E-state index contributed by atoms with van der Waals surface area (Å²) in [4.78, 5) is 13.6. The lowest BCUT2D eigenvalue weighted by molar-refractivity contribution is -0.158. The highest BCUT2D eigenvalue weighted by Gasteiger charge is 2.54. The molecule has 0 amide bonds. The molecule has 3 heterocycles. The molecule has 160 valence electrons. The van der Waals surface area contributed by atoms with Crippen LogP contribution in [0, 0.1) is 24.2 Å². The first-order chi connectivity index (χ1) is 14.9. The molecule has 0 radical (unpaired) electrons. The van der Waals surface area contributed by atoms with E-state index in [-0.39, 0.29) is 36.6 Å². The maximum absolute atomic E-state index is 9.87. The zero-order valence-electron chi connectivity index (χ0n) is 17.5. The van der Waals surface area contributed by atoms with Gasteiger partial charge in [-0.3, -0.25) is 0 Å². The largest absolute Gasteiger partial charge is 0.396 e. The van der Waals surface area contributed by atoms with Crippen molar-refractivity contribution in [3.05, 3.63) is 35.8 Å². The molecule has 2 aliphatic rings. The van der Waals surface area contributed by atoms with Crippen molar-refractivity contribution in [3.63, 3.8) is 0 Å². The molecule has 2 N–H and O–H groups in total. The van der Waals surface area contributed by atoms with E-state index >= 15 is 0 Å². The Morgan fingerprint density at radius 2 is 2.00 bits per heavy atom. The standard InChI is InChI=1S/C22H23N5O3S/c1-11-17(21-26-13-6-4-5-7-15(13)31-21)20(27-16(9-23)24-11)25-14-8-12(10-28)18-19(14)30-22(2,3)29-18/h4-7,12,14,18-19,28H,8,10H2,1-3H3,(H,24,25,27)/t12-,14-,18-,19+/m1/s1. The predicted octanol–water partition coefficient (Wildman–Crippen LogP) is 3.25. The van der Waals surface area contributed by atoms with Gasteiger partial charge in [-0.25, -0.2) is 15.0 Å². The molecule has 0 spiro atoms. The Kier molecular flexibility index (Phi) is 4.90. The second-order valence-electron chi connectivity index (χ2n) is 8.45. The van der Waals surface area contributed by atoms with Gasteiger partial charge < -0.3 is 19.9 Å². The summed E-state index contributed by atoms with van der Waals surface area (Å²) in [5, 5.41) is 23.6. The van der Waals surface area contributed by atoms with Crippen LogP contribution in [0.5, 0.6) is 0 Å². The number of fused-ring (bicyclic) bond motifs is 2. The van der Waals surface area contributed by atoms with Gasteiger partial charge in [-0.05, 0) is 39.3 Å². The topological polar surface area (TPSA) is 113 Å². The molecule has 8 nitrogen and oxygen atoms in total. The van der Waals surface area contributed by atoms with Crippen LogP contribution in [0.2, 0.25) is 0 Å². The van der Waals surface area contributed by atoms with Crippen molar-refractivity contribution in [2.45, 2.75) is 51.2 Å². The summed E-state index contributed by atoms with van der Waals surface area (Å²) in [6.07, 6.45) is 0.254. The first-order valence-corrected chi connectivity index (χ1v) is 11.1. The second-order valence-corrected chi connectivity index (χ2v) is 9.48. The molecule has 1 saturated heterocycles. The summed E-state index contributed by atoms with van der Waals surface area (Å²) < 4.78 is 13.3. The number of hydrogen-bond donors (Lipinski definition) is 2. The van der Waals surface area contributed by atoms with Gasteiger partial charge in [0.15, 0.2) is 5.79 Å². The summed E-state index contributed by atoms with van der Waals surface area (Å²) in [6, 6.07) is 9.86. The van der Waals surface area contributed by atoms with Gasteiger partial charge in [0.05, 0.1) is 33.6 Å². The Bertz CT molecular complexity index is 1150. The van der Waals surface area contributed by atoms with Crippen LogP contribution >= 0.6 is 11.3 Å². The van der Waals surface area contributed by atoms with Gasteiger partial charge in [0.25, 0.3) is 0 Å². The zero-order valence-corrected chi connectivity index (χ0v) is 18.3. The molecule has 2 fully saturated rings. The third-order valence-electron chi connectivity index (χ3n) is 5.84. The number of para-hydroxylation sites is 1. The minimum atomic E-state index is -0.710.